The average molecular weight is 338 g/mol. The Balaban J connectivity index is 1.67. The molecule has 0 radical (unpaired) electrons. The van der Waals surface area contributed by atoms with Gasteiger partial charge in [-0.1, -0.05) is 42.5 Å². The highest BCUT2D eigenvalue weighted by molar-refractivity contribution is 6.04. The summed E-state index contributed by atoms with van der Waals surface area (Å²) in [6.07, 6.45) is 1.95. The quantitative estimate of drug-likeness (QED) is 0.743. The molecule has 1 aliphatic heterocycles. The topological polar surface area (TPSA) is 83.6 Å². The van der Waals surface area contributed by atoms with Crippen molar-refractivity contribution in [3.8, 4) is 0 Å². The Hall–Kier alpha value is -2.89. The van der Waals surface area contributed by atoms with Crippen LogP contribution in [0.5, 0.6) is 0 Å². The number of nitrogens with zero attached hydrogens (tertiary/aromatic N) is 1. The van der Waals surface area contributed by atoms with Gasteiger partial charge in [0.2, 0.25) is 5.54 Å². The van der Waals surface area contributed by atoms with Crippen molar-refractivity contribution in [1.82, 2.24) is 10.2 Å². The number of hydrogen-bond donors (Lipinski definition) is 3. The Kier molecular flexibility index (Phi) is 3.49. The van der Waals surface area contributed by atoms with Crippen LogP contribution < -0.4 is 10.3 Å². The van der Waals surface area contributed by atoms with Crippen molar-refractivity contribution >= 4 is 28.6 Å². The third-order valence-corrected chi connectivity index (χ3v) is 4.86. The maximum absolute atomic E-state index is 13.0. The summed E-state index contributed by atoms with van der Waals surface area (Å²) in [7, 11) is 0. The van der Waals surface area contributed by atoms with E-state index in [0.717, 1.165) is 34.1 Å². The second kappa shape index (κ2) is 5.58. The normalized spacial score (nSPS) is 23.0. The number of benzene rings is 2. The Morgan fingerprint density at radius 3 is 2.76 bits per heavy atom. The smallest absolute Gasteiger partial charge is 0.447 e. The van der Waals surface area contributed by atoms with E-state index in [1.165, 1.54) is 0 Å². The van der Waals surface area contributed by atoms with Gasteiger partial charge in [-0.25, -0.2) is 9.79 Å². The van der Waals surface area contributed by atoms with E-state index in [2.05, 4.69) is 10.3 Å². The summed E-state index contributed by atoms with van der Waals surface area (Å²) in [5, 5.41) is 15.0. The van der Waals surface area contributed by atoms with Crippen LogP contribution in [0.25, 0.3) is 10.8 Å². The Bertz CT molecular complexity index is 898. The molecule has 2 aliphatic rings. The van der Waals surface area contributed by atoms with Crippen molar-refractivity contribution in [1.29, 1.82) is 0 Å². The lowest BCUT2D eigenvalue weighted by Crippen LogP contribution is -2.82. The first kappa shape index (κ1) is 15.6. The molecule has 2 aromatic carbocycles. The van der Waals surface area contributed by atoms with Crippen LogP contribution in [-0.2, 0) is 15.1 Å². The number of amides is 2. The van der Waals surface area contributed by atoms with Gasteiger partial charge in [0.1, 0.15) is 0 Å². The molecule has 0 spiro atoms. The Labute approximate surface area is 145 Å². The predicted octanol–water partition coefficient (Wildman–Crippen LogP) is 0.170. The Morgan fingerprint density at radius 2 is 2.00 bits per heavy atom. The minimum Gasteiger partial charge on any atom is -0.447 e. The predicted molar refractivity (Wildman–Crippen MR) is 92.8 cm³/mol. The van der Waals surface area contributed by atoms with Crippen LogP contribution in [-0.4, -0.2) is 40.4 Å². The minimum atomic E-state index is -1.12. The molecule has 1 atom stereocenters. The lowest BCUT2D eigenvalue weighted by molar-refractivity contribution is -0.539. The number of amidine groups is 1. The van der Waals surface area contributed by atoms with E-state index in [1.807, 2.05) is 42.5 Å². The highest BCUT2D eigenvalue weighted by atomic mass is 16.3. The van der Waals surface area contributed by atoms with Crippen molar-refractivity contribution in [3.63, 3.8) is 0 Å². The number of aliphatic hydroxyl groups excluding tert-OH is 1. The van der Waals surface area contributed by atoms with E-state index in [4.69, 9.17) is 0 Å². The van der Waals surface area contributed by atoms with E-state index in [9.17, 15) is 14.7 Å². The molecule has 2 amide bonds. The fourth-order valence-corrected chi connectivity index (χ4v) is 3.35. The van der Waals surface area contributed by atoms with Gasteiger partial charge in [-0.3, -0.25) is 4.79 Å². The fourth-order valence-electron chi connectivity index (χ4n) is 3.35. The van der Waals surface area contributed by atoms with Gasteiger partial charge in [0.05, 0.1) is 0 Å². The van der Waals surface area contributed by atoms with Gasteiger partial charge in [-0.15, -0.1) is 4.90 Å². The number of fused-ring (bicyclic) bond motifs is 1. The molecule has 0 unspecified atom stereocenters. The van der Waals surface area contributed by atoms with E-state index < -0.39 is 5.54 Å². The first-order valence-electron chi connectivity index (χ1n) is 8.43. The van der Waals surface area contributed by atoms with Crippen LogP contribution in [0.15, 0.2) is 42.5 Å². The third kappa shape index (κ3) is 2.63. The van der Waals surface area contributed by atoms with Crippen molar-refractivity contribution in [2.24, 2.45) is 0 Å². The molecule has 0 aromatic heterocycles. The zero-order chi connectivity index (χ0) is 17.6. The van der Waals surface area contributed by atoms with Gasteiger partial charge in [0, 0.05) is 11.6 Å². The summed E-state index contributed by atoms with van der Waals surface area (Å²) < 4.78 is 0. The number of carbonyl (C=O) groups excluding carboxylic acids is 2. The highest BCUT2D eigenvalue weighted by Gasteiger charge is 2.54. The second-order valence-electron chi connectivity index (χ2n) is 6.83. The van der Waals surface area contributed by atoms with Crippen molar-refractivity contribution in [3.05, 3.63) is 48.0 Å². The van der Waals surface area contributed by atoms with E-state index in [-0.39, 0.29) is 30.4 Å². The van der Waals surface area contributed by atoms with E-state index in [1.54, 1.807) is 6.92 Å². The van der Waals surface area contributed by atoms with Gasteiger partial charge >= 0.3 is 11.9 Å². The molecule has 6 nitrogen and oxygen atoms in total. The van der Waals surface area contributed by atoms with E-state index >= 15 is 0 Å². The molecular weight excluding hydrogens is 318 g/mol. The van der Waals surface area contributed by atoms with Crippen LogP contribution in [0.1, 0.15) is 25.3 Å². The maximum Gasteiger partial charge on any atom is 0.451 e. The number of aliphatic hydroxyl groups is 1. The third-order valence-electron chi connectivity index (χ3n) is 4.86. The molecule has 128 valence electrons. The second-order valence-corrected chi connectivity index (χ2v) is 6.83. The molecule has 3 N–H and O–H groups in total. The zero-order valence-electron chi connectivity index (χ0n) is 14.0. The number of rotatable bonds is 4. The largest absolute Gasteiger partial charge is 0.451 e. The van der Waals surface area contributed by atoms with Crippen molar-refractivity contribution in [2.45, 2.75) is 31.3 Å². The van der Waals surface area contributed by atoms with Crippen molar-refractivity contribution in [2.75, 3.05) is 6.54 Å². The van der Waals surface area contributed by atoms with Crippen LogP contribution in [0.4, 0.5) is 0 Å². The van der Waals surface area contributed by atoms with Crippen LogP contribution in [0, 0.1) is 0 Å². The molecule has 1 fully saturated rings. The lowest BCUT2D eigenvalue weighted by atomic mass is 9.88. The van der Waals surface area contributed by atoms with Crippen LogP contribution in [0.3, 0.4) is 0 Å². The Morgan fingerprint density at radius 1 is 1.28 bits per heavy atom. The monoisotopic (exact) mass is 338 g/mol. The molecule has 1 aliphatic carbocycles. The summed E-state index contributed by atoms with van der Waals surface area (Å²) >= 11 is 0. The number of nitrogens with one attached hydrogen (secondary N) is 2. The maximum atomic E-state index is 13.0. The summed E-state index contributed by atoms with van der Waals surface area (Å²) in [5.74, 6) is -0.598. The minimum absolute atomic E-state index is 0.186. The molecule has 1 saturated carbocycles. The molecule has 1 heterocycles. The van der Waals surface area contributed by atoms with Gasteiger partial charge in [-0.05, 0) is 30.5 Å². The SMILES string of the molecule is C[C@]1(c2cccc3ccccc23)[NH+]=C(O)N(CC(=O)NC2CC2)C1=O. The molecule has 6 heteroatoms. The van der Waals surface area contributed by atoms with Gasteiger partial charge < -0.3 is 10.4 Å². The lowest BCUT2D eigenvalue weighted by Gasteiger charge is -2.18. The van der Waals surface area contributed by atoms with Gasteiger partial charge in [0.15, 0.2) is 6.54 Å². The van der Waals surface area contributed by atoms with Gasteiger partial charge in [-0.2, -0.15) is 0 Å². The zero-order valence-corrected chi connectivity index (χ0v) is 14.0. The van der Waals surface area contributed by atoms with Gasteiger partial charge in [0.25, 0.3) is 5.91 Å². The van der Waals surface area contributed by atoms with Crippen LogP contribution in [0.2, 0.25) is 0 Å². The van der Waals surface area contributed by atoms with Crippen LogP contribution >= 0.6 is 0 Å². The highest BCUT2D eigenvalue weighted by Crippen LogP contribution is 2.29. The number of carbonyl (C=O) groups is 2. The summed E-state index contributed by atoms with van der Waals surface area (Å²) in [6, 6.07) is 13.4. The molecular formula is C19H20N3O3+. The molecule has 0 bridgehead atoms. The molecule has 4 rings (SSSR count). The molecule has 25 heavy (non-hydrogen) atoms. The standard InChI is InChI=1S/C19H19N3O3/c1-19(15-8-4-6-12-5-2-3-7-14(12)15)17(24)22(18(25)21-19)11-16(23)20-13-9-10-13/h2-8,13H,9-11H2,1H3,(H,20,23)(H,21,25)/p+1/t19-/m1/s1. The first-order chi connectivity index (χ1) is 12.0. The van der Waals surface area contributed by atoms with E-state index in [0.29, 0.717) is 0 Å². The summed E-state index contributed by atoms with van der Waals surface area (Å²) in [5.41, 5.74) is -0.350. The molecule has 0 saturated heterocycles. The van der Waals surface area contributed by atoms with Crippen molar-refractivity contribution < 1.29 is 19.7 Å². The summed E-state index contributed by atoms with van der Waals surface area (Å²) in [4.78, 5) is 29.1. The fraction of sp³-hybridized carbons (Fsp3) is 0.316. The molecule has 2 aromatic rings. The number of hydrogen-bond acceptors (Lipinski definition) is 2. The average Bonchev–Trinajstić information content (AvgIpc) is 3.38. The summed E-state index contributed by atoms with van der Waals surface area (Å²) in [6.45, 7) is 1.54. The first-order valence-corrected chi connectivity index (χ1v) is 8.43.